The van der Waals surface area contributed by atoms with Gasteiger partial charge in [0.2, 0.25) is 4.96 Å². The van der Waals surface area contributed by atoms with Crippen LogP contribution in [0.5, 0.6) is 5.75 Å². The number of hydrogen-bond acceptors (Lipinski definition) is 7. The van der Waals surface area contributed by atoms with Crippen LogP contribution in [0.4, 0.5) is 0 Å². The highest BCUT2D eigenvalue weighted by Gasteiger charge is 2.23. The van der Waals surface area contributed by atoms with Gasteiger partial charge in [0.1, 0.15) is 10.8 Å². The first kappa shape index (κ1) is 22.5. The van der Waals surface area contributed by atoms with E-state index in [1.54, 1.807) is 31.4 Å². The number of fused-ring (bicyclic) bond motifs is 1. The molecule has 1 aliphatic heterocycles. The number of nitrogens with zero attached hydrogens (tertiary/aromatic N) is 5. The molecule has 1 aliphatic rings. The summed E-state index contributed by atoms with van der Waals surface area (Å²) in [6.45, 7) is 3.19. The second kappa shape index (κ2) is 9.54. The Kier molecular flexibility index (Phi) is 6.32. The van der Waals surface area contributed by atoms with Gasteiger partial charge in [0.25, 0.3) is 11.5 Å². The van der Waals surface area contributed by atoms with Crippen molar-refractivity contribution in [1.82, 2.24) is 24.4 Å². The highest BCUT2D eigenvalue weighted by Crippen LogP contribution is 2.26. The molecule has 1 fully saturated rings. The second-order valence-corrected chi connectivity index (χ2v) is 9.38. The van der Waals surface area contributed by atoms with E-state index < -0.39 is 0 Å². The number of benzene rings is 2. The summed E-state index contributed by atoms with van der Waals surface area (Å²) in [5, 5.41) is 5.77. The predicted octanol–water partition coefficient (Wildman–Crippen LogP) is 3.44. The number of hydrogen-bond donors (Lipinski definition) is 0. The minimum absolute atomic E-state index is 0.00447. The van der Waals surface area contributed by atoms with E-state index in [-0.39, 0.29) is 11.5 Å². The molecule has 2 aromatic heterocycles. The minimum Gasteiger partial charge on any atom is -0.497 e. The molecule has 0 unspecified atom stereocenters. The molecule has 0 bridgehead atoms. The number of rotatable bonds is 5. The number of halogens is 1. The van der Waals surface area contributed by atoms with E-state index in [0.717, 1.165) is 16.3 Å². The van der Waals surface area contributed by atoms with Crippen LogP contribution in [-0.4, -0.2) is 63.6 Å². The summed E-state index contributed by atoms with van der Waals surface area (Å²) in [4.78, 5) is 34.7. The lowest BCUT2D eigenvalue weighted by Gasteiger charge is -2.34. The van der Waals surface area contributed by atoms with Crippen molar-refractivity contribution in [2.75, 3.05) is 33.3 Å². The molecule has 0 radical (unpaired) electrons. The van der Waals surface area contributed by atoms with Crippen molar-refractivity contribution < 1.29 is 9.53 Å². The van der Waals surface area contributed by atoms with Gasteiger partial charge in [-0.3, -0.25) is 14.5 Å². The van der Waals surface area contributed by atoms with Gasteiger partial charge in [-0.25, -0.2) is 4.98 Å². The number of piperazine rings is 1. The Labute approximate surface area is 205 Å². The first-order chi connectivity index (χ1) is 16.5. The molecule has 1 saturated heterocycles. The monoisotopic (exact) mass is 495 g/mol. The Balaban J connectivity index is 1.26. The zero-order valence-electron chi connectivity index (χ0n) is 18.5. The molecule has 2 aromatic carbocycles. The molecule has 3 heterocycles. The van der Waals surface area contributed by atoms with Gasteiger partial charge in [0.05, 0.1) is 12.8 Å². The van der Waals surface area contributed by atoms with Crippen molar-refractivity contribution in [1.29, 1.82) is 0 Å². The van der Waals surface area contributed by atoms with E-state index in [9.17, 15) is 9.59 Å². The largest absolute Gasteiger partial charge is 0.497 e. The number of ether oxygens (including phenoxy) is 1. The Bertz CT molecular complexity index is 1380. The number of amides is 1. The van der Waals surface area contributed by atoms with Crippen molar-refractivity contribution in [2.45, 2.75) is 6.54 Å². The quantitative estimate of drug-likeness (QED) is 0.422. The van der Waals surface area contributed by atoms with Crippen LogP contribution in [0.1, 0.15) is 16.1 Å². The number of methoxy groups -OCH3 is 1. The molecule has 1 amide bonds. The Morgan fingerprint density at radius 1 is 1.06 bits per heavy atom. The maximum absolute atomic E-state index is 12.7. The maximum Gasteiger partial charge on any atom is 0.275 e. The molecule has 8 nitrogen and oxygen atoms in total. The maximum atomic E-state index is 12.7. The van der Waals surface area contributed by atoms with Crippen LogP contribution in [0.2, 0.25) is 5.02 Å². The van der Waals surface area contributed by atoms with Crippen molar-refractivity contribution >= 4 is 33.8 Å². The van der Waals surface area contributed by atoms with Crippen LogP contribution in [0.15, 0.2) is 59.4 Å². The Morgan fingerprint density at radius 3 is 2.44 bits per heavy atom. The van der Waals surface area contributed by atoms with Gasteiger partial charge in [-0.15, -0.1) is 0 Å². The fraction of sp³-hybridized carbons (Fsp3) is 0.250. The molecule has 4 aromatic rings. The van der Waals surface area contributed by atoms with Crippen molar-refractivity contribution in [2.24, 2.45) is 0 Å². The van der Waals surface area contributed by atoms with Gasteiger partial charge in [-0.05, 0) is 48.5 Å². The molecule has 34 heavy (non-hydrogen) atoms. The third-order valence-electron chi connectivity index (χ3n) is 5.77. The third-order valence-corrected chi connectivity index (χ3v) is 6.98. The topological polar surface area (TPSA) is 80.0 Å². The Morgan fingerprint density at radius 2 is 1.76 bits per heavy atom. The number of carbonyl (C=O) groups excluding carboxylic acids is 1. The molecule has 0 aliphatic carbocycles. The SMILES string of the molecule is COc1ccc(-c2nn3c(=O)cc(CN4CCN(C(=O)c5ccc(Cl)cc5)CC4)nc3s2)cc1. The van der Waals surface area contributed by atoms with Crippen LogP contribution in [0.25, 0.3) is 15.5 Å². The van der Waals surface area contributed by atoms with Crippen LogP contribution in [0, 0.1) is 0 Å². The molecular formula is C24H22ClN5O3S. The lowest BCUT2D eigenvalue weighted by molar-refractivity contribution is 0.0627. The fourth-order valence-electron chi connectivity index (χ4n) is 3.90. The molecule has 0 spiro atoms. The lowest BCUT2D eigenvalue weighted by atomic mass is 10.2. The van der Waals surface area contributed by atoms with E-state index >= 15 is 0 Å². The standard InChI is InChI=1S/C24H22ClN5O3S/c1-33-20-8-4-16(5-9-20)22-27-30-21(31)14-19(26-24(30)34-22)15-28-10-12-29(13-11-28)23(32)17-2-6-18(25)7-3-17/h2-9,14H,10-13,15H2,1H3. The van der Waals surface area contributed by atoms with E-state index in [4.69, 9.17) is 16.3 Å². The van der Waals surface area contributed by atoms with Crippen LogP contribution >= 0.6 is 22.9 Å². The normalized spacial score (nSPS) is 14.5. The summed E-state index contributed by atoms with van der Waals surface area (Å²) in [6, 6.07) is 16.0. The molecular weight excluding hydrogens is 474 g/mol. The van der Waals surface area contributed by atoms with Gasteiger partial charge in [-0.2, -0.15) is 9.61 Å². The van der Waals surface area contributed by atoms with E-state index in [1.807, 2.05) is 29.2 Å². The number of carbonyl (C=O) groups is 1. The molecule has 0 N–H and O–H groups in total. The van der Waals surface area contributed by atoms with Crippen LogP contribution < -0.4 is 10.3 Å². The first-order valence-electron chi connectivity index (χ1n) is 10.8. The highest BCUT2D eigenvalue weighted by molar-refractivity contribution is 7.19. The predicted molar refractivity (Wildman–Crippen MR) is 132 cm³/mol. The fourth-order valence-corrected chi connectivity index (χ4v) is 4.96. The van der Waals surface area contributed by atoms with E-state index in [0.29, 0.717) is 54.0 Å². The van der Waals surface area contributed by atoms with Crippen molar-refractivity contribution in [3.05, 3.63) is 81.2 Å². The van der Waals surface area contributed by atoms with Crippen molar-refractivity contribution in [3.63, 3.8) is 0 Å². The number of aromatic nitrogens is 3. The minimum atomic E-state index is -0.201. The summed E-state index contributed by atoms with van der Waals surface area (Å²) < 4.78 is 6.55. The summed E-state index contributed by atoms with van der Waals surface area (Å²) in [5.74, 6) is 0.766. The van der Waals surface area contributed by atoms with Crippen LogP contribution in [-0.2, 0) is 6.54 Å². The third kappa shape index (κ3) is 4.68. The molecule has 10 heteroatoms. The van der Waals surface area contributed by atoms with E-state index in [1.165, 1.54) is 21.9 Å². The highest BCUT2D eigenvalue weighted by atomic mass is 35.5. The summed E-state index contributed by atoms with van der Waals surface area (Å²) in [6.07, 6.45) is 0. The molecule has 0 saturated carbocycles. The molecule has 174 valence electrons. The van der Waals surface area contributed by atoms with Gasteiger partial charge in [0, 0.05) is 54.9 Å². The zero-order valence-corrected chi connectivity index (χ0v) is 20.1. The van der Waals surface area contributed by atoms with Gasteiger partial charge >= 0.3 is 0 Å². The second-order valence-electron chi connectivity index (χ2n) is 7.99. The first-order valence-corrected chi connectivity index (χ1v) is 12.0. The van der Waals surface area contributed by atoms with Gasteiger partial charge in [0.15, 0.2) is 0 Å². The van der Waals surface area contributed by atoms with Gasteiger partial charge in [-0.1, -0.05) is 22.9 Å². The Hall–Kier alpha value is -3.27. The summed E-state index contributed by atoms with van der Waals surface area (Å²) in [7, 11) is 1.62. The zero-order chi connectivity index (χ0) is 23.7. The lowest BCUT2D eigenvalue weighted by Crippen LogP contribution is -2.48. The average molecular weight is 496 g/mol. The summed E-state index contributed by atoms with van der Waals surface area (Å²) in [5.41, 5.74) is 2.04. The van der Waals surface area contributed by atoms with Crippen LogP contribution in [0.3, 0.4) is 0 Å². The molecule has 0 atom stereocenters. The molecule has 5 rings (SSSR count). The average Bonchev–Trinajstić information content (AvgIpc) is 3.29. The van der Waals surface area contributed by atoms with E-state index in [2.05, 4.69) is 15.0 Å². The summed E-state index contributed by atoms with van der Waals surface area (Å²) >= 11 is 7.30. The smallest absolute Gasteiger partial charge is 0.275 e. The van der Waals surface area contributed by atoms with Gasteiger partial charge < -0.3 is 9.64 Å². The van der Waals surface area contributed by atoms with Crippen molar-refractivity contribution in [3.8, 4) is 16.3 Å².